The van der Waals surface area contributed by atoms with Gasteiger partial charge in [0.15, 0.2) is 0 Å². The summed E-state index contributed by atoms with van der Waals surface area (Å²) >= 11 is 0. The van der Waals surface area contributed by atoms with E-state index >= 15 is 0 Å². The van der Waals surface area contributed by atoms with Crippen molar-refractivity contribution in [1.29, 1.82) is 0 Å². The van der Waals surface area contributed by atoms with E-state index in [1.165, 1.54) is 6.92 Å². The molecule has 1 aromatic rings. The first-order chi connectivity index (χ1) is 22.9. The van der Waals surface area contributed by atoms with Gasteiger partial charge in [0, 0.05) is 25.0 Å². The Labute approximate surface area is 282 Å². The summed E-state index contributed by atoms with van der Waals surface area (Å²) in [6, 6.07) is 6.61. The summed E-state index contributed by atoms with van der Waals surface area (Å²) in [6.07, 6.45) is 3.94. The smallest absolute Gasteiger partial charge is 0.407 e. The van der Waals surface area contributed by atoms with Crippen molar-refractivity contribution in [1.82, 2.24) is 20.9 Å². The quantitative estimate of drug-likeness (QED) is 0.0990. The number of carbonyl (C=O) groups is 5. The average Bonchev–Trinajstić information content (AvgIpc) is 3.51. The molecule has 1 saturated carbocycles. The predicted molar refractivity (Wildman–Crippen MR) is 177 cm³/mol. The molecule has 5 atom stereocenters. The van der Waals surface area contributed by atoms with Crippen LogP contribution in [0.5, 0.6) is 0 Å². The van der Waals surface area contributed by atoms with Crippen molar-refractivity contribution in [3.8, 4) is 0 Å². The van der Waals surface area contributed by atoms with Gasteiger partial charge in [0.05, 0.1) is 6.16 Å². The number of carboxylic acids is 1. The average molecular weight is 695 g/mol. The molecule has 0 spiro atoms. The second-order valence-corrected chi connectivity index (χ2v) is 14.5. The van der Waals surface area contributed by atoms with Gasteiger partial charge in [-0.2, -0.15) is 0 Å². The van der Waals surface area contributed by atoms with Crippen LogP contribution in [0, 0.1) is 5.92 Å². The van der Waals surface area contributed by atoms with Gasteiger partial charge in [-0.25, -0.2) is 9.59 Å². The summed E-state index contributed by atoms with van der Waals surface area (Å²) in [6.45, 7) is 3.93. The highest BCUT2D eigenvalue weighted by Crippen LogP contribution is 2.45. The van der Waals surface area contributed by atoms with Crippen molar-refractivity contribution in [3.63, 3.8) is 0 Å². The second kappa shape index (κ2) is 19.5. The lowest BCUT2D eigenvalue weighted by Crippen LogP contribution is -2.52. The zero-order valence-corrected chi connectivity index (χ0v) is 28.8. The van der Waals surface area contributed by atoms with E-state index in [1.807, 2.05) is 37.3 Å². The van der Waals surface area contributed by atoms with Crippen molar-refractivity contribution in [2.75, 3.05) is 19.3 Å². The Morgan fingerprint density at radius 2 is 1.73 bits per heavy atom. The van der Waals surface area contributed by atoms with Crippen LogP contribution in [0.25, 0.3) is 0 Å². The maximum atomic E-state index is 13.5. The molecule has 1 unspecified atom stereocenters. The molecule has 4 amide bonds. The van der Waals surface area contributed by atoms with Gasteiger partial charge < -0.3 is 35.6 Å². The molecular weight excluding hydrogens is 643 g/mol. The predicted octanol–water partition coefficient (Wildman–Crippen LogP) is 3.71. The number of carbonyl (C=O) groups excluding carboxylic acids is 4. The van der Waals surface area contributed by atoms with Crippen LogP contribution in [0.4, 0.5) is 4.79 Å². The molecule has 0 aromatic heterocycles. The Kier molecular flexibility index (Phi) is 15.8. The van der Waals surface area contributed by atoms with Crippen LogP contribution in [0.1, 0.15) is 90.0 Å². The maximum absolute atomic E-state index is 13.5. The maximum Gasteiger partial charge on any atom is 0.407 e. The molecule has 5 N–H and O–H groups in total. The van der Waals surface area contributed by atoms with E-state index in [2.05, 4.69) is 16.0 Å². The van der Waals surface area contributed by atoms with Crippen LogP contribution in [0.3, 0.4) is 0 Å². The molecule has 2 aliphatic rings. The minimum Gasteiger partial charge on any atom is -0.480 e. The third-order valence-corrected chi connectivity index (χ3v) is 10.3. The Bertz CT molecular complexity index is 1280. The summed E-state index contributed by atoms with van der Waals surface area (Å²) < 4.78 is 23.7. The highest BCUT2D eigenvalue weighted by atomic mass is 31.2. The third kappa shape index (κ3) is 12.9. The minimum atomic E-state index is -4.42. The summed E-state index contributed by atoms with van der Waals surface area (Å²) in [5.74, 6) is -2.68. The van der Waals surface area contributed by atoms with Crippen molar-refractivity contribution in [2.45, 2.75) is 115 Å². The first-order valence-corrected chi connectivity index (χ1v) is 18.7. The van der Waals surface area contributed by atoms with Crippen LogP contribution < -0.4 is 16.0 Å². The number of benzene rings is 1. The van der Waals surface area contributed by atoms with Gasteiger partial charge in [-0.1, -0.05) is 56.5 Å². The molecular formula is C33H51N4O10P. The number of rotatable bonds is 20. The first-order valence-electron chi connectivity index (χ1n) is 17.0. The normalized spacial score (nSPS) is 19.2. The molecule has 268 valence electrons. The van der Waals surface area contributed by atoms with E-state index in [9.17, 15) is 38.5 Å². The molecule has 14 nitrogen and oxygen atoms in total. The largest absolute Gasteiger partial charge is 0.480 e. The third-order valence-electron chi connectivity index (χ3n) is 8.71. The molecule has 2 fully saturated rings. The molecule has 1 aliphatic heterocycles. The number of ether oxygens (including phenoxy) is 1. The van der Waals surface area contributed by atoms with E-state index in [-0.39, 0.29) is 31.4 Å². The van der Waals surface area contributed by atoms with Crippen molar-refractivity contribution >= 4 is 37.4 Å². The van der Waals surface area contributed by atoms with E-state index in [4.69, 9.17) is 9.26 Å². The summed E-state index contributed by atoms with van der Waals surface area (Å²) in [4.78, 5) is 74.7. The van der Waals surface area contributed by atoms with Crippen LogP contribution in [0.15, 0.2) is 30.3 Å². The van der Waals surface area contributed by atoms with Gasteiger partial charge in [0.25, 0.3) is 5.91 Å². The molecule has 3 rings (SSSR count). The molecule has 1 aromatic carbocycles. The Morgan fingerprint density at radius 3 is 2.38 bits per heavy atom. The Balaban J connectivity index is 1.54. The second-order valence-electron chi connectivity index (χ2n) is 12.6. The van der Waals surface area contributed by atoms with Crippen LogP contribution >= 0.6 is 7.60 Å². The Morgan fingerprint density at radius 1 is 1.00 bits per heavy atom. The first kappa shape index (κ1) is 39.0. The number of hydrogen-bond donors (Lipinski definition) is 5. The number of amides is 4. The van der Waals surface area contributed by atoms with Crippen molar-refractivity contribution < 1.29 is 47.8 Å². The fraction of sp³-hybridized carbons (Fsp3) is 0.667. The van der Waals surface area contributed by atoms with Crippen molar-refractivity contribution in [3.05, 3.63) is 35.9 Å². The topological polar surface area (TPSA) is 201 Å². The monoisotopic (exact) mass is 694 g/mol. The van der Waals surface area contributed by atoms with Crippen LogP contribution in [-0.4, -0.2) is 88.2 Å². The molecule has 1 saturated heterocycles. The van der Waals surface area contributed by atoms with Crippen molar-refractivity contribution in [2.24, 2.45) is 5.92 Å². The SMILES string of the molecule is CCCC[C@@H](CP(=O)(O)O[C@@H](C)C(=O)N1CCC[C@H]1C(=O)O)NC(=O)[C@H](CCCCNC(=O)OCc1ccccc1)NC(=O)C1CCC1. The minimum absolute atomic E-state index is 0.145. The van der Waals surface area contributed by atoms with Gasteiger partial charge >= 0.3 is 19.7 Å². The molecule has 1 heterocycles. The van der Waals surface area contributed by atoms with Gasteiger partial charge in [0.1, 0.15) is 24.8 Å². The number of unbranched alkanes of at least 4 members (excludes halogenated alkanes) is 2. The van der Waals surface area contributed by atoms with E-state index in [0.29, 0.717) is 45.1 Å². The molecule has 15 heteroatoms. The van der Waals surface area contributed by atoms with Gasteiger partial charge in [-0.3, -0.25) is 23.5 Å². The number of hydrogen-bond acceptors (Lipinski definition) is 8. The number of aliphatic carboxylic acids is 1. The zero-order chi connectivity index (χ0) is 35.1. The lowest BCUT2D eigenvalue weighted by Gasteiger charge is -2.29. The summed E-state index contributed by atoms with van der Waals surface area (Å²) in [5.41, 5.74) is 0.865. The van der Waals surface area contributed by atoms with E-state index in [1.54, 1.807) is 0 Å². The number of carboxylic acid groups (broad SMARTS) is 1. The van der Waals surface area contributed by atoms with E-state index in [0.717, 1.165) is 36.1 Å². The standard InChI is InChI=1S/C33H51N4O10P/c1-3-4-16-26(22-48(44,45)47-23(2)31(40)37-20-11-18-28(37)32(41)42)35-30(39)27(36-29(38)25-14-10-15-25)17-8-9-19-34-33(43)46-21-24-12-6-5-7-13-24/h5-7,12-13,23,25-28H,3-4,8-11,14-22H2,1-2H3,(H,34,43)(H,35,39)(H,36,38)(H,41,42)(H,44,45)/t23-,26-,27-,28-/m0/s1. The summed E-state index contributed by atoms with van der Waals surface area (Å²) in [5, 5.41) is 17.8. The molecule has 0 radical (unpaired) electrons. The lowest BCUT2D eigenvalue weighted by molar-refractivity contribution is -0.151. The lowest BCUT2D eigenvalue weighted by atomic mass is 9.84. The van der Waals surface area contributed by atoms with Crippen LogP contribution in [0.2, 0.25) is 0 Å². The molecule has 0 bridgehead atoms. The number of alkyl carbamates (subject to hydrolysis) is 1. The molecule has 48 heavy (non-hydrogen) atoms. The summed E-state index contributed by atoms with van der Waals surface area (Å²) in [7, 11) is -4.42. The number of nitrogens with zero attached hydrogens (tertiary/aromatic N) is 1. The zero-order valence-electron chi connectivity index (χ0n) is 27.9. The Hall–Kier alpha value is -3.48. The van der Waals surface area contributed by atoms with E-state index < -0.39 is 61.9 Å². The fourth-order valence-corrected chi connectivity index (χ4v) is 7.26. The van der Waals surface area contributed by atoms with Gasteiger partial charge in [-0.15, -0.1) is 0 Å². The highest BCUT2D eigenvalue weighted by Gasteiger charge is 2.39. The highest BCUT2D eigenvalue weighted by molar-refractivity contribution is 7.52. The number of nitrogens with one attached hydrogen (secondary N) is 3. The number of likely N-dealkylation sites (tertiary alicyclic amines) is 1. The van der Waals surface area contributed by atoms with Gasteiger partial charge in [0.2, 0.25) is 11.8 Å². The van der Waals surface area contributed by atoms with Crippen LogP contribution in [-0.2, 0) is 39.6 Å². The van der Waals surface area contributed by atoms with Gasteiger partial charge in [-0.05, 0) is 63.9 Å². The molecule has 1 aliphatic carbocycles. The fourth-order valence-electron chi connectivity index (χ4n) is 5.76.